The van der Waals surface area contributed by atoms with Crippen LogP contribution in [0.25, 0.3) is 0 Å². The first-order valence-electron chi connectivity index (χ1n) is 7.28. The number of nitro groups is 1. The van der Waals surface area contributed by atoms with Crippen molar-refractivity contribution in [1.82, 2.24) is 0 Å². The van der Waals surface area contributed by atoms with Gasteiger partial charge in [-0.1, -0.05) is 36.4 Å². The number of hydrogen-bond donors (Lipinski definition) is 0. The maximum absolute atomic E-state index is 12.8. The monoisotopic (exact) mass is 361 g/mol. The molecule has 0 aliphatic carbocycles. The van der Waals surface area contributed by atoms with Gasteiger partial charge in [0, 0.05) is 38.6 Å². The van der Waals surface area contributed by atoms with E-state index in [1.807, 2.05) is 12.1 Å². The quantitative estimate of drug-likeness (QED) is 0.616. The van der Waals surface area contributed by atoms with E-state index in [0.29, 0.717) is 16.7 Å². The maximum Gasteiger partial charge on any atom is 0.276 e. The molecule has 0 fully saturated rings. The van der Waals surface area contributed by atoms with Gasteiger partial charge >= 0.3 is 0 Å². The van der Waals surface area contributed by atoms with Crippen molar-refractivity contribution in [3.63, 3.8) is 0 Å². The number of carbonyl (C=O) groups excluding carboxylic acids is 1. The minimum absolute atomic E-state index is 0.00219. The molecule has 1 aliphatic rings. The van der Waals surface area contributed by atoms with Crippen molar-refractivity contribution < 1.29 is 13.9 Å². The lowest BCUT2D eigenvalue weighted by Gasteiger charge is -2.30. The fourth-order valence-electron chi connectivity index (χ4n) is 2.97. The number of para-hydroxylation sites is 1. The van der Waals surface area contributed by atoms with Crippen molar-refractivity contribution in [1.29, 1.82) is 0 Å². The summed E-state index contributed by atoms with van der Waals surface area (Å²) in [5.74, 6) is -0.217. The molecule has 2 aromatic carbocycles. The molecular weight excluding hydrogens is 346 g/mol. The van der Waals surface area contributed by atoms with Gasteiger partial charge in [0.15, 0.2) is 5.78 Å². The Morgan fingerprint density at radius 2 is 1.88 bits per heavy atom. The van der Waals surface area contributed by atoms with Crippen molar-refractivity contribution in [3.05, 3.63) is 69.3 Å². The summed E-state index contributed by atoms with van der Waals surface area (Å²) in [4.78, 5) is 24.7. The molecule has 124 valence electrons. The first-order valence-corrected chi connectivity index (χ1v) is 9.78. The molecule has 0 radical (unpaired) electrons. The van der Waals surface area contributed by atoms with E-state index < -0.39 is 26.2 Å². The van der Waals surface area contributed by atoms with Crippen molar-refractivity contribution >= 4 is 34.0 Å². The third-order valence-corrected chi connectivity index (χ3v) is 6.82. The van der Waals surface area contributed by atoms with E-state index in [-0.39, 0.29) is 11.5 Å². The predicted molar refractivity (Wildman–Crippen MR) is 95.1 cm³/mol. The van der Waals surface area contributed by atoms with E-state index in [9.17, 15) is 19.1 Å². The third kappa shape index (κ3) is 2.78. The van der Waals surface area contributed by atoms with Gasteiger partial charge < -0.3 is 0 Å². The van der Waals surface area contributed by atoms with Crippen LogP contribution in [0.5, 0.6) is 0 Å². The number of hydrogen-bond acceptors (Lipinski definition) is 5. The van der Waals surface area contributed by atoms with Crippen LogP contribution >= 0.6 is 11.8 Å². The number of carbonyl (C=O) groups is 1. The summed E-state index contributed by atoms with van der Waals surface area (Å²) in [5.41, 5.74) is 1.52. The summed E-state index contributed by atoms with van der Waals surface area (Å²) in [6.07, 6.45) is 1.48. The highest BCUT2D eigenvalue weighted by Gasteiger charge is 2.42. The topological polar surface area (TPSA) is 77.3 Å². The molecule has 24 heavy (non-hydrogen) atoms. The summed E-state index contributed by atoms with van der Waals surface area (Å²) in [6, 6.07) is 12.2. The first kappa shape index (κ1) is 16.9. The Morgan fingerprint density at radius 1 is 1.17 bits per heavy atom. The van der Waals surface area contributed by atoms with E-state index in [2.05, 4.69) is 0 Å². The second-order valence-corrected chi connectivity index (χ2v) is 8.28. The Morgan fingerprint density at radius 3 is 2.54 bits per heavy atom. The van der Waals surface area contributed by atoms with Crippen LogP contribution < -0.4 is 0 Å². The van der Waals surface area contributed by atoms with Gasteiger partial charge in [-0.25, -0.2) is 0 Å². The van der Waals surface area contributed by atoms with Crippen LogP contribution in [0.4, 0.5) is 5.69 Å². The number of thioether (sulfide) groups is 1. The lowest BCUT2D eigenvalue weighted by atomic mass is 9.98. The van der Waals surface area contributed by atoms with E-state index >= 15 is 0 Å². The summed E-state index contributed by atoms with van der Waals surface area (Å²) in [6.45, 7) is 1.67. The van der Waals surface area contributed by atoms with Crippen molar-refractivity contribution in [2.24, 2.45) is 0 Å². The number of aryl methyl sites for hydroxylation is 1. The predicted octanol–water partition coefficient (Wildman–Crippen LogP) is 3.68. The molecule has 0 amide bonds. The van der Waals surface area contributed by atoms with Crippen LogP contribution in [0.1, 0.15) is 26.7 Å². The molecule has 3 rings (SSSR count). The normalized spacial score (nSPS) is 21.2. The van der Waals surface area contributed by atoms with Gasteiger partial charge in [-0.2, -0.15) is 0 Å². The standard InChI is InChI=1S/C17H15NO4S2/c1-10-6-5-8-12(14(10)18(20)21)16-17(24(2)22)15(19)11-7-3-4-9-13(11)23-16/h3-9,16-17H,1-2H3. The van der Waals surface area contributed by atoms with Gasteiger partial charge in [-0.15, -0.1) is 11.8 Å². The van der Waals surface area contributed by atoms with Crippen LogP contribution in [-0.2, 0) is 10.8 Å². The number of Topliss-reactive ketones (excluding diaryl/α,β-unsaturated/α-hetero) is 1. The summed E-state index contributed by atoms with van der Waals surface area (Å²) in [7, 11) is -1.44. The van der Waals surface area contributed by atoms with Crippen LogP contribution in [0.3, 0.4) is 0 Å². The van der Waals surface area contributed by atoms with E-state index in [1.165, 1.54) is 18.0 Å². The van der Waals surface area contributed by atoms with E-state index in [0.717, 1.165) is 4.90 Å². The summed E-state index contributed by atoms with van der Waals surface area (Å²) in [5, 5.41) is 10.2. The Balaban J connectivity index is 2.21. The molecule has 0 spiro atoms. The molecule has 3 unspecified atom stereocenters. The molecular formula is C17H15NO4S2. The lowest BCUT2D eigenvalue weighted by molar-refractivity contribution is -0.386. The molecule has 1 aliphatic heterocycles. The molecule has 0 saturated heterocycles. The van der Waals surface area contributed by atoms with Gasteiger partial charge in [0.2, 0.25) is 0 Å². The van der Waals surface area contributed by atoms with E-state index in [1.54, 1.807) is 37.3 Å². The molecule has 3 atom stereocenters. The fourth-order valence-corrected chi connectivity index (χ4v) is 5.82. The first-order chi connectivity index (χ1) is 11.4. The molecule has 2 aromatic rings. The van der Waals surface area contributed by atoms with Gasteiger partial charge in [-0.05, 0) is 13.0 Å². The second-order valence-electron chi connectivity index (χ2n) is 5.59. The van der Waals surface area contributed by atoms with E-state index in [4.69, 9.17) is 0 Å². The van der Waals surface area contributed by atoms with Gasteiger partial charge in [0.05, 0.1) is 10.2 Å². The highest BCUT2D eigenvalue weighted by atomic mass is 32.2. The lowest BCUT2D eigenvalue weighted by Crippen LogP contribution is -2.34. The largest absolute Gasteiger partial charge is 0.293 e. The molecule has 5 nitrogen and oxygen atoms in total. The van der Waals surface area contributed by atoms with Crippen LogP contribution in [0, 0.1) is 17.0 Å². The zero-order valence-electron chi connectivity index (χ0n) is 13.1. The number of nitrogens with zero attached hydrogens (tertiary/aromatic N) is 1. The summed E-state index contributed by atoms with van der Waals surface area (Å²) < 4.78 is 12.3. The number of benzene rings is 2. The fraction of sp³-hybridized carbons (Fsp3) is 0.235. The van der Waals surface area contributed by atoms with Crippen LogP contribution in [0.15, 0.2) is 47.4 Å². The Kier molecular flexibility index (Phi) is 4.56. The SMILES string of the molecule is Cc1cccc(C2Sc3ccccc3C(=O)C2S(C)=O)c1[N+](=O)[O-]. The van der Waals surface area contributed by atoms with Crippen LogP contribution in [0.2, 0.25) is 0 Å². The minimum Gasteiger partial charge on any atom is -0.293 e. The zero-order chi connectivity index (χ0) is 17.4. The number of fused-ring (bicyclic) bond motifs is 1. The Labute approximate surface area is 146 Å². The minimum atomic E-state index is -1.44. The molecule has 0 saturated carbocycles. The van der Waals surface area contributed by atoms with Crippen molar-refractivity contribution in [2.75, 3.05) is 6.26 Å². The average Bonchev–Trinajstić information content (AvgIpc) is 2.53. The molecule has 7 heteroatoms. The Hall–Kier alpha value is -1.99. The second kappa shape index (κ2) is 6.49. The Bertz CT molecular complexity index is 865. The number of rotatable bonds is 3. The summed E-state index contributed by atoms with van der Waals surface area (Å²) >= 11 is 1.37. The average molecular weight is 361 g/mol. The van der Waals surface area contributed by atoms with Crippen LogP contribution in [-0.4, -0.2) is 26.4 Å². The van der Waals surface area contributed by atoms with Crippen molar-refractivity contribution in [3.8, 4) is 0 Å². The number of nitro benzene ring substituents is 1. The number of ketones is 1. The zero-order valence-corrected chi connectivity index (χ0v) is 14.7. The third-order valence-electron chi connectivity index (χ3n) is 4.06. The smallest absolute Gasteiger partial charge is 0.276 e. The maximum atomic E-state index is 12.8. The highest BCUT2D eigenvalue weighted by Crippen LogP contribution is 2.49. The molecule has 0 N–H and O–H groups in total. The highest BCUT2D eigenvalue weighted by molar-refractivity contribution is 8.01. The van der Waals surface area contributed by atoms with Gasteiger partial charge in [-0.3, -0.25) is 19.1 Å². The molecule has 0 aromatic heterocycles. The molecule has 0 bridgehead atoms. The van der Waals surface area contributed by atoms with Gasteiger partial charge in [0.1, 0.15) is 5.25 Å². The molecule has 1 heterocycles. The van der Waals surface area contributed by atoms with Gasteiger partial charge in [0.25, 0.3) is 5.69 Å². The van der Waals surface area contributed by atoms with Crippen molar-refractivity contribution in [2.45, 2.75) is 22.3 Å².